The zero-order valence-corrected chi connectivity index (χ0v) is 12.9. The van der Waals surface area contributed by atoms with Gasteiger partial charge in [-0.1, -0.05) is 25.1 Å². The molecule has 0 radical (unpaired) electrons. The number of methoxy groups -OCH3 is 1. The van der Waals surface area contributed by atoms with E-state index in [1.54, 1.807) is 7.11 Å². The molecular formula is C15H23NO3S. The fraction of sp³-hybridized carbons (Fsp3) is 0.600. The van der Waals surface area contributed by atoms with Crippen LogP contribution in [0.15, 0.2) is 24.3 Å². The van der Waals surface area contributed by atoms with Crippen LogP contribution in [0.5, 0.6) is 5.75 Å². The Labute approximate surface area is 121 Å². The van der Waals surface area contributed by atoms with E-state index in [9.17, 15) is 8.42 Å². The summed E-state index contributed by atoms with van der Waals surface area (Å²) in [5, 5.41) is 3.59. The predicted molar refractivity (Wildman–Crippen MR) is 80.8 cm³/mol. The fourth-order valence-electron chi connectivity index (χ4n) is 2.72. The maximum Gasteiger partial charge on any atom is 0.150 e. The molecule has 2 rings (SSSR count). The van der Waals surface area contributed by atoms with Crippen molar-refractivity contribution in [1.82, 2.24) is 5.32 Å². The van der Waals surface area contributed by atoms with Crippen molar-refractivity contribution in [2.24, 2.45) is 0 Å². The van der Waals surface area contributed by atoms with Crippen molar-refractivity contribution in [3.8, 4) is 5.75 Å². The van der Waals surface area contributed by atoms with Crippen molar-refractivity contribution in [3.63, 3.8) is 0 Å². The first-order valence-corrected chi connectivity index (χ1v) is 8.97. The average molecular weight is 297 g/mol. The Balaban J connectivity index is 2.06. The van der Waals surface area contributed by atoms with E-state index in [-0.39, 0.29) is 12.1 Å². The normalized spacial score (nSPS) is 20.5. The van der Waals surface area contributed by atoms with Gasteiger partial charge in [0.25, 0.3) is 0 Å². The van der Waals surface area contributed by atoms with Gasteiger partial charge in [-0.15, -0.1) is 0 Å². The molecule has 1 aliphatic heterocycles. The number of hydrogen-bond donors (Lipinski definition) is 1. The summed E-state index contributed by atoms with van der Waals surface area (Å²) >= 11 is 0. The highest BCUT2D eigenvalue weighted by molar-refractivity contribution is 7.91. The smallest absolute Gasteiger partial charge is 0.150 e. The first kappa shape index (κ1) is 15.3. The van der Waals surface area contributed by atoms with Crippen LogP contribution in [-0.2, 0) is 9.84 Å². The van der Waals surface area contributed by atoms with Gasteiger partial charge in [-0.2, -0.15) is 0 Å². The number of rotatable bonds is 5. The Morgan fingerprint density at radius 2 is 1.95 bits per heavy atom. The summed E-state index contributed by atoms with van der Waals surface area (Å²) in [7, 11) is -1.12. The van der Waals surface area contributed by atoms with Gasteiger partial charge in [0, 0.05) is 17.6 Å². The summed E-state index contributed by atoms with van der Waals surface area (Å²) in [4.78, 5) is 0. The van der Waals surface area contributed by atoms with Crippen molar-refractivity contribution in [2.45, 2.75) is 38.3 Å². The zero-order valence-electron chi connectivity index (χ0n) is 12.1. The van der Waals surface area contributed by atoms with Crippen molar-refractivity contribution < 1.29 is 13.2 Å². The van der Waals surface area contributed by atoms with E-state index < -0.39 is 9.84 Å². The van der Waals surface area contributed by atoms with Crippen LogP contribution in [0, 0.1) is 0 Å². The fourth-order valence-corrected chi connectivity index (χ4v) is 4.21. The van der Waals surface area contributed by atoms with Crippen LogP contribution < -0.4 is 10.1 Å². The van der Waals surface area contributed by atoms with Crippen molar-refractivity contribution in [1.29, 1.82) is 0 Å². The van der Waals surface area contributed by atoms with Gasteiger partial charge in [0.05, 0.1) is 18.6 Å². The van der Waals surface area contributed by atoms with Gasteiger partial charge in [0.15, 0.2) is 0 Å². The molecule has 0 bridgehead atoms. The van der Waals surface area contributed by atoms with Gasteiger partial charge in [-0.05, 0) is 25.3 Å². The molecule has 1 aromatic carbocycles. The summed E-state index contributed by atoms with van der Waals surface area (Å²) in [5.41, 5.74) is 1.14. The topological polar surface area (TPSA) is 55.4 Å². The molecule has 1 fully saturated rings. The molecule has 1 saturated heterocycles. The highest BCUT2D eigenvalue weighted by Crippen LogP contribution is 2.28. The van der Waals surface area contributed by atoms with Crippen molar-refractivity contribution >= 4 is 9.84 Å². The van der Waals surface area contributed by atoms with Gasteiger partial charge < -0.3 is 10.1 Å². The van der Waals surface area contributed by atoms with Crippen LogP contribution in [-0.4, -0.2) is 33.1 Å². The monoisotopic (exact) mass is 297 g/mol. The van der Waals surface area contributed by atoms with Crippen LogP contribution in [0.4, 0.5) is 0 Å². The molecule has 0 aliphatic carbocycles. The second-order valence-corrected chi connectivity index (χ2v) is 7.60. The first-order valence-electron chi connectivity index (χ1n) is 7.15. The number of nitrogens with one attached hydrogen (secondary N) is 1. The molecule has 1 aliphatic rings. The first-order chi connectivity index (χ1) is 9.55. The van der Waals surface area contributed by atoms with Gasteiger partial charge >= 0.3 is 0 Å². The summed E-state index contributed by atoms with van der Waals surface area (Å²) < 4.78 is 28.4. The van der Waals surface area contributed by atoms with Crippen LogP contribution >= 0.6 is 0 Å². The van der Waals surface area contributed by atoms with E-state index >= 15 is 0 Å². The van der Waals surface area contributed by atoms with E-state index in [4.69, 9.17) is 4.74 Å². The Morgan fingerprint density at radius 1 is 1.30 bits per heavy atom. The SMILES string of the molecule is CCC(NC1CCS(=O)(=O)CC1)c1ccccc1OC. The van der Waals surface area contributed by atoms with E-state index in [0.29, 0.717) is 24.3 Å². The molecule has 0 spiro atoms. The molecule has 1 N–H and O–H groups in total. The predicted octanol–water partition coefficient (Wildman–Crippen LogP) is 2.31. The highest BCUT2D eigenvalue weighted by Gasteiger charge is 2.26. The molecule has 0 saturated carbocycles. The quantitative estimate of drug-likeness (QED) is 0.906. The summed E-state index contributed by atoms with van der Waals surface area (Å²) in [5.74, 6) is 1.48. The molecule has 1 aromatic rings. The van der Waals surface area contributed by atoms with Crippen LogP contribution in [0.3, 0.4) is 0 Å². The maximum atomic E-state index is 11.5. The second kappa shape index (κ2) is 6.59. The lowest BCUT2D eigenvalue weighted by Gasteiger charge is -2.29. The lowest BCUT2D eigenvalue weighted by molar-refractivity contribution is 0.370. The molecule has 0 aromatic heterocycles. The molecule has 20 heavy (non-hydrogen) atoms. The van der Waals surface area contributed by atoms with Gasteiger partial charge in [-0.3, -0.25) is 0 Å². The van der Waals surface area contributed by atoms with Gasteiger partial charge in [-0.25, -0.2) is 8.42 Å². The molecule has 4 nitrogen and oxygen atoms in total. The Bertz CT molecular complexity index is 528. The van der Waals surface area contributed by atoms with Crippen molar-refractivity contribution in [2.75, 3.05) is 18.6 Å². The minimum Gasteiger partial charge on any atom is -0.496 e. The average Bonchev–Trinajstić information content (AvgIpc) is 2.46. The zero-order chi connectivity index (χ0) is 14.6. The molecule has 1 heterocycles. The third-order valence-electron chi connectivity index (χ3n) is 3.91. The molecular weight excluding hydrogens is 274 g/mol. The molecule has 0 amide bonds. The van der Waals surface area contributed by atoms with Crippen LogP contribution in [0.2, 0.25) is 0 Å². The summed E-state index contributed by atoms with van der Waals surface area (Å²) in [6.07, 6.45) is 2.35. The Kier molecular flexibility index (Phi) is 5.05. The largest absolute Gasteiger partial charge is 0.496 e. The second-order valence-electron chi connectivity index (χ2n) is 5.30. The van der Waals surface area contributed by atoms with Crippen LogP contribution in [0.1, 0.15) is 37.8 Å². The molecule has 1 unspecified atom stereocenters. The van der Waals surface area contributed by atoms with Gasteiger partial charge in [0.2, 0.25) is 0 Å². The highest BCUT2D eigenvalue weighted by atomic mass is 32.2. The van der Waals surface area contributed by atoms with E-state index in [1.807, 2.05) is 18.2 Å². The standard InChI is InChI=1S/C15H23NO3S/c1-3-14(13-6-4-5-7-15(13)19-2)16-12-8-10-20(17,18)11-9-12/h4-7,12,14,16H,3,8-11H2,1-2H3. The van der Waals surface area contributed by atoms with E-state index in [1.165, 1.54) is 0 Å². The number of benzene rings is 1. The lowest BCUT2D eigenvalue weighted by atomic mass is 10.0. The lowest BCUT2D eigenvalue weighted by Crippen LogP contribution is -2.39. The minimum absolute atomic E-state index is 0.206. The Morgan fingerprint density at radius 3 is 2.55 bits per heavy atom. The third-order valence-corrected chi connectivity index (χ3v) is 5.63. The van der Waals surface area contributed by atoms with Crippen LogP contribution in [0.25, 0.3) is 0 Å². The van der Waals surface area contributed by atoms with Crippen molar-refractivity contribution in [3.05, 3.63) is 29.8 Å². The van der Waals surface area contributed by atoms with E-state index in [0.717, 1.165) is 17.7 Å². The number of sulfone groups is 1. The Hall–Kier alpha value is -1.07. The number of para-hydroxylation sites is 1. The number of hydrogen-bond acceptors (Lipinski definition) is 4. The summed E-state index contributed by atoms with van der Waals surface area (Å²) in [6.45, 7) is 2.13. The molecule has 5 heteroatoms. The molecule has 112 valence electrons. The maximum absolute atomic E-state index is 11.5. The molecule has 1 atom stereocenters. The third kappa shape index (κ3) is 3.73. The minimum atomic E-state index is -2.80. The summed E-state index contributed by atoms with van der Waals surface area (Å²) in [6, 6.07) is 8.48. The van der Waals surface area contributed by atoms with E-state index in [2.05, 4.69) is 18.3 Å². The van der Waals surface area contributed by atoms with Gasteiger partial charge in [0.1, 0.15) is 15.6 Å². The number of ether oxygens (including phenoxy) is 1.